The zero-order valence-electron chi connectivity index (χ0n) is 11.3. The second-order valence-electron chi connectivity index (χ2n) is 5.12. The molecule has 1 aliphatic rings. The SMILES string of the molecule is CN(CC1CCc2nccn2C1)S(=O)(=O)c1cccs1. The molecule has 7 heteroatoms. The Bertz CT molecular complexity index is 676. The van der Waals surface area contributed by atoms with Gasteiger partial charge in [-0.25, -0.2) is 13.4 Å². The summed E-state index contributed by atoms with van der Waals surface area (Å²) in [7, 11) is -1.67. The lowest BCUT2D eigenvalue weighted by atomic mass is 10.00. The van der Waals surface area contributed by atoms with Crippen molar-refractivity contribution < 1.29 is 8.42 Å². The number of fused-ring (bicyclic) bond motifs is 1. The van der Waals surface area contributed by atoms with Crippen LogP contribution >= 0.6 is 11.3 Å². The average Bonchev–Trinajstić information content (AvgIpc) is 3.09. The molecule has 3 heterocycles. The molecule has 0 amide bonds. The van der Waals surface area contributed by atoms with Crippen molar-refractivity contribution in [2.45, 2.75) is 23.6 Å². The van der Waals surface area contributed by atoms with E-state index in [9.17, 15) is 8.42 Å². The Kier molecular flexibility index (Phi) is 3.66. The Labute approximate surface area is 122 Å². The highest BCUT2D eigenvalue weighted by Gasteiger charge is 2.26. The zero-order chi connectivity index (χ0) is 14.2. The molecule has 0 fully saturated rings. The second kappa shape index (κ2) is 5.31. The van der Waals surface area contributed by atoms with Crippen LogP contribution in [-0.2, 0) is 23.0 Å². The molecule has 0 saturated heterocycles. The third kappa shape index (κ3) is 2.53. The van der Waals surface area contributed by atoms with Crippen molar-refractivity contribution in [3.05, 3.63) is 35.7 Å². The molecule has 0 aromatic carbocycles. The molecule has 0 bridgehead atoms. The first kappa shape index (κ1) is 13.8. The summed E-state index contributed by atoms with van der Waals surface area (Å²) in [5, 5.41) is 1.79. The summed E-state index contributed by atoms with van der Waals surface area (Å²) in [6.45, 7) is 1.40. The fourth-order valence-electron chi connectivity index (χ4n) is 2.61. The summed E-state index contributed by atoms with van der Waals surface area (Å²) >= 11 is 1.27. The maximum Gasteiger partial charge on any atom is 0.252 e. The van der Waals surface area contributed by atoms with Crippen LogP contribution < -0.4 is 0 Å². The number of imidazole rings is 1. The molecule has 5 nitrogen and oxygen atoms in total. The highest BCUT2D eigenvalue weighted by atomic mass is 32.2. The van der Waals surface area contributed by atoms with Crippen molar-refractivity contribution in [3.63, 3.8) is 0 Å². The van der Waals surface area contributed by atoms with Crippen molar-refractivity contribution >= 4 is 21.4 Å². The van der Waals surface area contributed by atoms with Crippen molar-refractivity contribution in [2.75, 3.05) is 13.6 Å². The van der Waals surface area contributed by atoms with Crippen LogP contribution in [0.2, 0.25) is 0 Å². The molecule has 1 unspecified atom stereocenters. The van der Waals surface area contributed by atoms with Gasteiger partial charge in [-0.05, 0) is 23.8 Å². The van der Waals surface area contributed by atoms with Gasteiger partial charge in [0.2, 0.25) is 0 Å². The van der Waals surface area contributed by atoms with Gasteiger partial charge in [0.1, 0.15) is 10.0 Å². The molecule has 1 aliphatic heterocycles. The van der Waals surface area contributed by atoms with Crippen LogP contribution in [0.25, 0.3) is 0 Å². The van der Waals surface area contributed by atoms with Gasteiger partial charge in [0, 0.05) is 39.0 Å². The van der Waals surface area contributed by atoms with Gasteiger partial charge in [-0.1, -0.05) is 6.07 Å². The standard InChI is InChI=1S/C13H17N3O2S2/c1-15(20(17,18)13-3-2-8-19-13)9-11-4-5-12-14-6-7-16(12)10-11/h2-3,6-8,11H,4-5,9-10H2,1H3. The Morgan fingerprint density at radius 2 is 2.40 bits per heavy atom. The minimum absolute atomic E-state index is 0.344. The molecular weight excluding hydrogens is 294 g/mol. The maximum absolute atomic E-state index is 12.4. The summed E-state index contributed by atoms with van der Waals surface area (Å²) in [6.07, 6.45) is 5.69. The molecule has 0 N–H and O–H groups in total. The van der Waals surface area contributed by atoms with Crippen LogP contribution in [0, 0.1) is 5.92 Å². The number of sulfonamides is 1. The predicted molar refractivity (Wildman–Crippen MR) is 78.2 cm³/mol. The molecule has 0 saturated carbocycles. The molecule has 2 aromatic rings. The van der Waals surface area contributed by atoms with Crippen LogP contribution in [0.5, 0.6) is 0 Å². The van der Waals surface area contributed by atoms with Gasteiger partial charge < -0.3 is 4.57 Å². The first-order chi connectivity index (χ1) is 9.57. The Morgan fingerprint density at radius 1 is 1.55 bits per heavy atom. The van der Waals surface area contributed by atoms with E-state index in [1.54, 1.807) is 24.6 Å². The van der Waals surface area contributed by atoms with Gasteiger partial charge in [0.25, 0.3) is 10.0 Å². The van der Waals surface area contributed by atoms with Crippen LogP contribution in [-0.4, -0.2) is 35.9 Å². The van der Waals surface area contributed by atoms with Crippen molar-refractivity contribution in [1.29, 1.82) is 0 Å². The number of hydrogen-bond acceptors (Lipinski definition) is 4. The summed E-state index contributed by atoms with van der Waals surface area (Å²) in [4.78, 5) is 4.29. The summed E-state index contributed by atoms with van der Waals surface area (Å²) in [5.74, 6) is 1.45. The van der Waals surface area contributed by atoms with E-state index in [1.807, 2.05) is 12.4 Å². The zero-order valence-corrected chi connectivity index (χ0v) is 12.9. The van der Waals surface area contributed by atoms with E-state index in [0.717, 1.165) is 25.2 Å². The van der Waals surface area contributed by atoms with Crippen LogP contribution in [0.4, 0.5) is 0 Å². The van der Waals surface area contributed by atoms with Crippen molar-refractivity contribution in [2.24, 2.45) is 5.92 Å². The van der Waals surface area contributed by atoms with Gasteiger partial charge in [0.15, 0.2) is 0 Å². The van der Waals surface area contributed by atoms with E-state index in [-0.39, 0.29) is 0 Å². The minimum Gasteiger partial charge on any atom is -0.335 e. The van der Waals surface area contributed by atoms with E-state index in [1.165, 1.54) is 15.6 Å². The highest BCUT2D eigenvalue weighted by Crippen LogP contribution is 2.24. The van der Waals surface area contributed by atoms with Gasteiger partial charge in [-0.15, -0.1) is 11.3 Å². The van der Waals surface area contributed by atoms with Gasteiger partial charge in [-0.2, -0.15) is 4.31 Å². The van der Waals surface area contributed by atoms with Crippen molar-refractivity contribution in [1.82, 2.24) is 13.9 Å². The number of hydrogen-bond donors (Lipinski definition) is 0. The lowest BCUT2D eigenvalue weighted by molar-refractivity contribution is 0.303. The van der Waals surface area contributed by atoms with E-state index in [0.29, 0.717) is 16.7 Å². The molecular formula is C13H17N3O2S2. The van der Waals surface area contributed by atoms with Crippen LogP contribution in [0.15, 0.2) is 34.1 Å². The summed E-state index contributed by atoms with van der Waals surface area (Å²) in [5.41, 5.74) is 0. The first-order valence-electron chi connectivity index (χ1n) is 6.57. The second-order valence-corrected chi connectivity index (χ2v) is 8.34. The maximum atomic E-state index is 12.4. The third-order valence-electron chi connectivity index (χ3n) is 3.71. The topological polar surface area (TPSA) is 55.2 Å². The molecule has 1 atom stereocenters. The summed E-state index contributed by atoms with van der Waals surface area (Å²) in [6, 6.07) is 3.43. The van der Waals surface area contributed by atoms with E-state index >= 15 is 0 Å². The van der Waals surface area contributed by atoms with E-state index < -0.39 is 10.0 Å². The number of nitrogens with zero attached hydrogens (tertiary/aromatic N) is 3. The molecule has 108 valence electrons. The molecule has 0 aliphatic carbocycles. The fourth-order valence-corrected chi connectivity index (χ4v) is 5.06. The third-order valence-corrected chi connectivity index (χ3v) is 6.90. The average molecular weight is 311 g/mol. The molecule has 0 radical (unpaired) electrons. The number of rotatable bonds is 4. The van der Waals surface area contributed by atoms with Crippen LogP contribution in [0.1, 0.15) is 12.2 Å². The molecule has 3 rings (SSSR count). The van der Waals surface area contributed by atoms with Crippen molar-refractivity contribution in [3.8, 4) is 0 Å². The normalized spacial score (nSPS) is 19.2. The lowest BCUT2D eigenvalue weighted by Crippen LogP contribution is -2.35. The number of aryl methyl sites for hydroxylation is 1. The Morgan fingerprint density at radius 3 is 3.15 bits per heavy atom. The van der Waals surface area contributed by atoms with E-state index in [2.05, 4.69) is 9.55 Å². The number of thiophene rings is 1. The summed E-state index contributed by atoms with van der Waals surface area (Å²) < 4.78 is 28.8. The number of aromatic nitrogens is 2. The largest absolute Gasteiger partial charge is 0.335 e. The predicted octanol–water partition coefficient (Wildman–Crippen LogP) is 1.83. The Balaban J connectivity index is 1.70. The fraction of sp³-hybridized carbons (Fsp3) is 0.462. The minimum atomic E-state index is -3.33. The lowest BCUT2D eigenvalue weighted by Gasteiger charge is -2.27. The monoisotopic (exact) mass is 311 g/mol. The van der Waals surface area contributed by atoms with Gasteiger partial charge >= 0.3 is 0 Å². The van der Waals surface area contributed by atoms with Crippen LogP contribution in [0.3, 0.4) is 0 Å². The molecule has 20 heavy (non-hydrogen) atoms. The quantitative estimate of drug-likeness (QED) is 0.865. The Hall–Kier alpha value is -1.18. The molecule has 2 aromatic heterocycles. The molecule has 0 spiro atoms. The van der Waals surface area contributed by atoms with Gasteiger partial charge in [-0.3, -0.25) is 0 Å². The van der Waals surface area contributed by atoms with Gasteiger partial charge in [0.05, 0.1) is 0 Å². The first-order valence-corrected chi connectivity index (χ1v) is 8.89. The highest BCUT2D eigenvalue weighted by molar-refractivity contribution is 7.91. The smallest absolute Gasteiger partial charge is 0.252 e. The van der Waals surface area contributed by atoms with E-state index in [4.69, 9.17) is 0 Å².